The first-order chi connectivity index (χ1) is 12.6. The summed E-state index contributed by atoms with van der Waals surface area (Å²) in [5, 5.41) is 4.32. The van der Waals surface area contributed by atoms with Crippen molar-refractivity contribution < 1.29 is 39.9 Å². The summed E-state index contributed by atoms with van der Waals surface area (Å²) in [5.41, 5.74) is 0.0197. The number of carbonyl (C=O) groups excluding carboxylic acids is 1. The Morgan fingerprint density at radius 2 is 1.71 bits per heavy atom. The Hall–Kier alpha value is -2.57. The summed E-state index contributed by atoms with van der Waals surface area (Å²) in [4.78, 5) is 12.1. The Kier molecular flexibility index (Phi) is 5.27. The van der Waals surface area contributed by atoms with Crippen molar-refractivity contribution in [2.24, 2.45) is 7.05 Å². The molecule has 0 spiro atoms. The number of nitrogens with two attached hydrogens (primary N) is 1. The summed E-state index contributed by atoms with van der Waals surface area (Å²) in [5.74, 6) is -8.58. The van der Waals surface area contributed by atoms with E-state index in [4.69, 9.17) is 17.3 Å². The van der Waals surface area contributed by atoms with Gasteiger partial charge in [0, 0.05) is 12.6 Å². The smallest absolute Gasteiger partial charge is 0.398 e. The minimum atomic E-state index is -6.34. The fourth-order valence-electron chi connectivity index (χ4n) is 2.15. The van der Waals surface area contributed by atoms with Crippen LogP contribution in [0.25, 0.3) is 0 Å². The number of carbonyl (C=O) groups is 1. The van der Waals surface area contributed by atoms with Gasteiger partial charge in [0.05, 0.1) is 10.7 Å². The van der Waals surface area contributed by atoms with Gasteiger partial charge in [0.2, 0.25) is 0 Å². The number of nitrogens with zero attached hydrogens (tertiary/aromatic N) is 2. The van der Waals surface area contributed by atoms with E-state index >= 15 is 0 Å². The zero-order chi connectivity index (χ0) is 21.7. The van der Waals surface area contributed by atoms with Crippen molar-refractivity contribution in [2.45, 2.75) is 18.3 Å². The first kappa shape index (κ1) is 21.7. The van der Waals surface area contributed by atoms with Gasteiger partial charge in [0.15, 0.2) is 5.69 Å². The number of hydrogen-bond acceptors (Lipinski definition) is 3. The van der Waals surface area contributed by atoms with Crippen LogP contribution in [-0.2, 0) is 19.1 Å². The SMILES string of the molecule is Cn1nc(C(F)(F)C(F)(F)F)c(C(F)(F)F)c1NC(=O)c1ccc(Cl)c(N)c1. The number of nitrogens with one attached hydrogen (secondary N) is 1. The van der Waals surface area contributed by atoms with Crippen LogP contribution in [0.1, 0.15) is 21.6 Å². The lowest BCUT2D eigenvalue weighted by Crippen LogP contribution is -2.36. The molecule has 154 valence electrons. The predicted molar refractivity (Wildman–Crippen MR) is 82.0 cm³/mol. The van der Waals surface area contributed by atoms with E-state index in [1.54, 1.807) is 5.32 Å². The normalized spacial score (nSPS) is 12.9. The summed E-state index contributed by atoms with van der Waals surface area (Å²) in [6.07, 6.45) is -12.0. The summed E-state index contributed by atoms with van der Waals surface area (Å²) >= 11 is 5.64. The molecule has 28 heavy (non-hydrogen) atoms. The van der Waals surface area contributed by atoms with Crippen LogP contribution < -0.4 is 11.1 Å². The molecule has 0 saturated heterocycles. The van der Waals surface area contributed by atoms with E-state index in [9.17, 15) is 39.9 Å². The fourth-order valence-corrected chi connectivity index (χ4v) is 2.27. The number of rotatable bonds is 3. The molecule has 5 nitrogen and oxygen atoms in total. The third kappa shape index (κ3) is 3.84. The summed E-state index contributed by atoms with van der Waals surface area (Å²) < 4.78 is 105. The molecule has 2 aromatic rings. The standard InChI is InChI=1S/C14H9ClF8N4O/c1-27-10(25-11(28)5-2-3-6(15)7(24)4-5)8(13(18,19)20)9(26-27)12(16,17)14(21,22)23/h2-4H,24H2,1H3,(H,25,28). The van der Waals surface area contributed by atoms with Crippen molar-refractivity contribution in [1.82, 2.24) is 9.78 Å². The summed E-state index contributed by atoms with van der Waals surface area (Å²) in [6, 6.07) is 3.18. The van der Waals surface area contributed by atoms with Crippen LogP contribution in [0.4, 0.5) is 46.6 Å². The van der Waals surface area contributed by atoms with E-state index in [0.717, 1.165) is 18.2 Å². The molecule has 1 amide bonds. The number of nitrogen functional groups attached to an aromatic ring is 1. The Morgan fingerprint density at radius 3 is 2.18 bits per heavy atom. The first-order valence-corrected chi connectivity index (χ1v) is 7.40. The molecule has 0 saturated carbocycles. The lowest BCUT2D eigenvalue weighted by molar-refractivity contribution is -0.292. The highest BCUT2D eigenvalue weighted by molar-refractivity contribution is 6.33. The predicted octanol–water partition coefficient (Wildman–Crippen LogP) is 4.58. The van der Waals surface area contributed by atoms with Crippen molar-refractivity contribution in [3.63, 3.8) is 0 Å². The van der Waals surface area contributed by atoms with Crippen LogP contribution in [0.3, 0.4) is 0 Å². The Morgan fingerprint density at radius 1 is 1.14 bits per heavy atom. The third-order valence-corrected chi connectivity index (χ3v) is 3.82. The van der Waals surface area contributed by atoms with E-state index in [1.165, 1.54) is 0 Å². The van der Waals surface area contributed by atoms with Gasteiger partial charge < -0.3 is 11.1 Å². The minimum absolute atomic E-state index is 0.0279. The lowest BCUT2D eigenvalue weighted by Gasteiger charge is -2.19. The molecule has 0 unspecified atom stereocenters. The fraction of sp³-hybridized carbons (Fsp3) is 0.286. The van der Waals surface area contributed by atoms with Crippen molar-refractivity contribution in [1.29, 1.82) is 0 Å². The number of hydrogen-bond donors (Lipinski definition) is 2. The average Bonchev–Trinajstić information content (AvgIpc) is 2.86. The highest BCUT2D eigenvalue weighted by Gasteiger charge is 2.64. The van der Waals surface area contributed by atoms with Crippen molar-refractivity contribution in [2.75, 3.05) is 11.1 Å². The lowest BCUT2D eigenvalue weighted by atomic mass is 10.1. The highest BCUT2D eigenvalue weighted by Crippen LogP contribution is 2.49. The van der Waals surface area contributed by atoms with E-state index in [1.807, 2.05) is 0 Å². The number of benzene rings is 1. The van der Waals surface area contributed by atoms with Crippen molar-refractivity contribution >= 4 is 29.0 Å². The minimum Gasteiger partial charge on any atom is -0.398 e. The second-order valence-corrected chi connectivity index (χ2v) is 5.86. The molecule has 14 heteroatoms. The maximum Gasteiger partial charge on any atom is 0.459 e. The van der Waals surface area contributed by atoms with Crippen LogP contribution in [0.15, 0.2) is 18.2 Å². The topological polar surface area (TPSA) is 72.9 Å². The zero-order valence-corrected chi connectivity index (χ0v) is 14.3. The average molecular weight is 437 g/mol. The number of aryl methyl sites for hydroxylation is 1. The van der Waals surface area contributed by atoms with Crippen LogP contribution in [0.2, 0.25) is 5.02 Å². The quantitative estimate of drug-likeness (QED) is 0.546. The molecule has 1 heterocycles. The van der Waals surface area contributed by atoms with E-state index in [2.05, 4.69) is 5.10 Å². The molecular formula is C14H9ClF8N4O. The van der Waals surface area contributed by atoms with Gasteiger partial charge >= 0.3 is 18.3 Å². The number of aromatic nitrogens is 2. The molecular weight excluding hydrogens is 428 g/mol. The number of amides is 1. The largest absolute Gasteiger partial charge is 0.459 e. The van der Waals surface area contributed by atoms with Crippen molar-refractivity contribution in [3.8, 4) is 0 Å². The number of halogens is 9. The highest BCUT2D eigenvalue weighted by atomic mass is 35.5. The summed E-state index contributed by atoms with van der Waals surface area (Å²) in [6.45, 7) is 0. The van der Waals surface area contributed by atoms with Crippen LogP contribution in [-0.4, -0.2) is 21.9 Å². The molecule has 1 aromatic carbocycles. The van der Waals surface area contributed by atoms with Gasteiger partial charge in [-0.1, -0.05) is 11.6 Å². The van der Waals surface area contributed by atoms with Crippen LogP contribution >= 0.6 is 11.6 Å². The maximum atomic E-state index is 13.6. The third-order valence-electron chi connectivity index (χ3n) is 3.47. The molecule has 0 aliphatic heterocycles. The van der Waals surface area contributed by atoms with Gasteiger partial charge in [-0.05, 0) is 18.2 Å². The van der Waals surface area contributed by atoms with Gasteiger partial charge in [0.1, 0.15) is 11.4 Å². The molecule has 2 rings (SSSR count). The van der Waals surface area contributed by atoms with Gasteiger partial charge in [-0.3, -0.25) is 9.48 Å². The van der Waals surface area contributed by atoms with Gasteiger partial charge in [-0.15, -0.1) is 0 Å². The van der Waals surface area contributed by atoms with E-state index in [-0.39, 0.29) is 21.0 Å². The van der Waals surface area contributed by atoms with Crippen LogP contribution in [0, 0.1) is 0 Å². The first-order valence-electron chi connectivity index (χ1n) is 7.03. The molecule has 0 radical (unpaired) electrons. The van der Waals surface area contributed by atoms with Gasteiger partial charge in [-0.25, -0.2) is 0 Å². The molecule has 1 aromatic heterocycles. The second kappa shape index (κ2) is 6.79. The Labute approximate surface area is 156 Å². The zero-order valence-electron chi connectivity index (χ0n) is 13.5. The molecule has 3 N–H and O–H groups in total. The number of anilines is 2. The van der Waals surface area contributed by atoms with Crippen molar-refractivity contribution in [3.05, 3.63) is 40.0 Å². The Balaban J connectivity index is 2.59. The van der Waals surface area contributed by atoms with Gasteiger partial charge in [-0.2, -0.15) is 40.2 Å². The molecule has 0 aliphatic carbocycles. The van der Waals surface area contributed by atoms with Crippen LogP contribution in [0.5, 0.6) is 0 Å². The van der Waals surface area contributed by atoms with E-state index < -0.39 is 41.3 Å². The monoisotopic (exact) mass is 436 g/mol. The number of alkyl halides is 8. The maximum absolute atomic E-state index is 13.6. The molecule has 0 bridgehead atoms. The molecule has 0 atom stereocenters. The molecule has 0 aliphatic rings. The summed E-state index contributed by atoms with van der Waals surface area (Å²) in [7, 11) is 0.664. The molecule has 0 fully saturated rings. The second-order valence-electron chi connectivity index (χ2n) is 5.46. The Bertz CT molecular complexity index is 919. The van der Waals surface area contributed by atoms with E-state index in [0.29, 0.717) is 7.05 Å². The van der Waals surface area contributed by atoms with Gasteiger partial charge in [0.25, 0.3) is 5.91 Å².